The van der Waals surface area contributed by atoms with E-state index in [1.807, 2.05) is 12.1 Å². The number of ether oxygens (including phenoxy) is 1. The van der Waals surface area contributed by atoms with Gasteiger partial charge < -0.3 is 10.5 Å². The topological polar surface area (TPSA) is 108 Å². The first-order valence-corrected chi connectivity index (χ1v) is 10.6. The Morgan fingerprint density at radius 2 is 2.10 bits per heavy atom. The summed E-state index contributed by atoms with van der Waals surface area (Å²) in [4.78, 5) is 8.50. The van der Waals surface area contributed by atoms with Gasteiger partial charge in [0.2, 0.25) is 0 Å². The fraction of sp³-hybridized carbons (Fsp3) is 0.391. The summed E-state index contributed by atoms with van der Waals surface area (Å²) in [5.74, 6) is 1.03. The third kappa shape index (κ3) is 6.83. The average Bonchev–Trinajstić information content (AvgIpc) is 2.70. The van der Waals surface area contributed by atoms with Crippen LogP contribution in [0.5, 0.6) is 5.75 Å². The number of amidine groups is 1. The SMILES string of the molecule is CN=C1C=CC(CN=C(N)C(CC(C)C)Oc2ccc(C#N)c(C(C)(F)P)c2)=CC1=N. The number of halogens is 1. The third-order valence-corrected chi connectivity index (χ3v) is 4.99. The van der Waals surface area contributed by atoms with Crippen molar-refractivity contribution in [2.45, 2.75) is 38.7 Å². The maximum atomic E-state index is 14.5. The van der Waals surface area contributed by atoms with Crippen molar-refractivity contribution in [3.8, 4) is 11.8 Å². The number of aliphatic imine (C=N–C) groups is 2. The van der Waals surface area contributed by atoms with Crippen molar-refractivity contribution < 1.29 is 9.13 Å². The van der Waals surface area contributed by atoms with Gasteiger partial charge in [0.05, 0.1) is 29.6 Å². The first-order valence-electron chi connectivity index (χ1n) is 9.98. The first-order chi connectivity index (χ1) is 14.5. The van der Waals surface area contributed by atoms with Crippen molar-refractivity contribution in [1.29, 1.82) is 10.7 Å². The molecule has 3 unspecified atom stereocenters. The zero-order valence-corrected chi connectivity index (χ0v) is 19.5. The minimum Gasteiger partial charge on any atom is -0.483 e. The molecule has 1 aromatic rings. The van der Waals surface area contributed by atoms with Crippen LogP contribution in [0.2, 0.25) is 0 Å². The number of nitriles is 1. The Morgan fingerprint density at radius 3 is 2.65 bits per heavy atom. The Kier molecular flexibility index (Phi) is 8.24. The van der Waals surface area contributed by atoms with Crippen LogP contribution in [0, 0.1) is 22.7 Å². The molecule has 0 radical (unpaired) electrons. The number of rotatable bonds is 8. The summed E-state index contributed by atoms with van der Waals surface area (Å²) in [6.07, 6.45) is 5.47. The Hall–Kier alpha value is -2.84. The zero-order valence-electron chi connectivity index (χ0n) is 18.3. The number of allylic oxidation sites excluding steroid dienone is 2. The summed E-state index contributed by atoms with van der Waals surface area (Å²) in [7, 11) is 3.75. The average molecular weight is 441 g/mol. The van der Waals surface area contributed by atoms with Crippen molar-refractivity contribution in [3.63, 3.8) is 0 Å². The summed E-state index contributed by atoms with van der Waals surface area (Å²) in [5.41, 5.74) is 8.55. The van der Waals surface area contributed by atoms with Crippen molar-refractivity contribution in [3.05, 3.63) is 53.1 Å². The summed E-state index contributed by atoms with van der Waals surface area (Å²) in [6.45, 7) is 5.78. The standard InChI is InChI=1S/C23H29FN5OP/c1-14(2)9-21(22(27)29-13-15-5-8-20(28-4)19(26)10-15)30-17-7-6-16(12-25)18(11-17)23(3,24)31/h5-8,10-11,14,21,26H,9,13,31H2,1-4H3,(H2,27,29). The van der Waals surface area contributed by atoms with Gasteiger partial charge in [0.15, 0.2) is 6.10 Å². The molecule has 0 amide bonds. The molecule has 0 heterocycles. The predicted octanol–water partition coefficient (Wildman–Crippen LogP) is 4.31. The second-order valence-electron chi connectivity index (χ2n) is 7.95. The number of nitrogens with zero attached hydrogens (tertiary/aromatic N) is 3. The summed E-state index contributed by atoms with van der Waals surface area (Å²) < 4.78 is 20.6. The lowest BCUT2D eigenvalue weighted by molar-refractivity contribution is 0.233. The Labute approximate surface area is 185 Å². The van der Waals surface area contributed by atoms with Crippen LogP contribution in [0.25, 0.3) is 0 Å². The molecule has 0 aliphatic heterocycles. The molecular formula is C23H29FN5OP. The summed E-state index contributed by atoms with van der Waals surface area (Å²) >= 11 is 0. The molecule has 0 aromatic heterocycles. The van der Waals surface area contributed by atoms with Gasteiger partial charge in [-0.2, -0.15) is 5.26 Å². The van der Waals surface area contributed by atoms with E-state index in [0.717, 1.165) is 5.57 Å². The van der Waals surface area contributed by atoms with E-state index in [2.05, 4.69) is 33.1 Å². The van der Waals surface area contributed by atoms with Gasteiger partial charge in [0, 0.05) is 12.6 Å². The molecule has 8 heteroatoms. The number of hydrogen-bond acceptors (Lipinski definition) is 5. The minimum atomic E-state index is -1.76. The normalized spacial score (nSPS) is 18.5. The molecule has 1 aliphatic rings. The van der Waals surface area contributed by atoms with Crippen molar-refractivity contribution in [1.82, 2.24) is 0 Å². The van der Waals surface area contributed by atoms with Crippen LogP contribution in [-0.2, 0) is 5.41 Å². The molecular weight excluding hydrogens is 412 g/mol. The van der Waals surface area contributed by atoms with Crippen LogP contribution in [0.4, 0.5) is 4.39 Å². The highest BCUT2D eigenvalue weighted by molar-refractivity contribution is 7.18. The Bertz CT molecular complexity index is 996. The Morgan fingerprint density at radius 1 is 1.39 bits per heavy atom. The maximum Gasteiger partial charge on any atom is 0.155 e. The number of alkyl halides is 1. The molecule has 3 N–H and O–H groups in total. The van der Waals surface area contributed by atoms with Gasteiger partial charge in [0.1, 0.15) is 17.0 Å². The van der Waals surface area contributed by atoms with E-state index in [9.17, 15) is 9.65 Å². The number of nitrogens with one attached hydrogen (secondary N) is 1. The van der Waals surface area contributed by atoms with Gasteiger partial charge in [-0.15, -0.1) is 0 Å². The van der Waals surface area contributed by atoms with Gasteiger partial charge >= 0.3 is 0 Å². The largest absolute Gasteiger partial charge is 0.483 e. The molecule has 164 valence electrons. The van der Waals surface area contributed by atoms with Crippen molar-refractivity contribution >= 4 is 26.5 Å². The predicted molar refractivity (Wildman–Crippen MR) is 128 cm³/mol. The van der Waals surface area contributed by atoms with Crippen LogP contribution in [0.3, 0.4) is 0 Å². The zero-order chi connectivity index (χ0) is 23.2. The van der Waals surface area contributed by atoms with Gasteiger partial charge in [-0.25, -0.2) is 4.39 Å². The van der Waals surface area contributed by atoms with Crippen LogP contribution in [0.15, 0.2) is 52.0 Å². The molecule has 31 heavy (non-hydrogen) atoms. The molecule has 0 saturated heterocycles. The van der Waals surface area contributed by atoms with Gasteiger partial charge in [-0.3, -0.25) is 15.4 Å². The van der Waals surface area contributed by atoms with E-state index in [1.54, 1.807) is 31.3 Å². The molecule has 1 aliphatic carbocycles. The molecule has 0 bridgehead atoms. The van der Waals surface area contributed by atoms with E-state index in [0.29, 0.717) is 36.0 Å². The maximum absolute atomic E-state index is 14.5. The lowest BCUT2D eigenvalue weighted by Crippen LogP contribution is -2.35. The van der Waals surface area contributed by atoms with Gasteiger partial charge in [-0.05, 0) is 55.2 Å². The smallest absolute Gasteiger partial charge is 0.155 e. The lowest BCUT2D eigenvalue weighted by atomic mass is 10.0. The number of hydrogen-bond donors (Lipinski definition) is 2. The molecule has 0 fully saturated rings. The quantitative estimate of drug-likeness (QED) is 0.272. The number of benzene rings is 1. The van der Waals surface area contributed by atoms with Gasteiger partial charge in [-0.1, -0.05) is 29.2 Å². The van der Waals surface area contributed by atoms with E-state index in [1.165, 1.54) is 13.0 Å². The highest BCUT2D eigenvalue weighted by Gasteiger charge is 2.25. The summed E-state index contributed by atoms with van der Waals surface area (Å²) in [6, 6.07) is 6.72. The molecule has 1 aromatic carbocycles. The van der Waals surface area contributed by atoms with Crippen LogP contribution >= 0.6 is 9.24 Å². The highest BCUT2D eigenvalue weighted by Crippen LogP contribution is 2.37. The monoisotopic (exact) mass is 441 g/mol. The second kappa shape index (κ2) is 10.5. The fourth-order valence-corrected chi connectivity index (χ4v) is 3.32. The minimum absolute atomic E-state index is 0.237. The molecule has 2 rings (SSSR count). The van der Waals surface area contributed by atoms with E-state index >= 15 is 0 Å². The van der Waals surface area contributed by atoms with E-state index < -0.39 is 11.5 Å². The molecule has 3 atom stereocenters. The van der Waals surface area contributed by atoms with Crippen LogP contribution in [-0.4, -0.2) is 37.0 Å². The van der Waals surface area contributed by atoms with Crippen molar-refractivity contribution in [2.75, 3.05) is 13.6 Å². The molecule has 0 saturated carbocycles. The van der Waals surface area contributed by atoms with E-state index in [-0.39, 0.29) is 17.0 Å². The number of nitrogens with two attached hydrogens (primary N) is 1. The second-order valence-corrected chi connectivity index (χ2v) is 9.03. The van der Waals surface area contributed by atoms with Crippen molar-refractivity contribution in [2.24, 2.45) is 21.6 Å². The highest BCUT2D eigenvalue weighted by atomic mass is 31.0. The lowest BCUT2D eigenvalue weighted by Gasteiger charge is -2.23. The molecule has 6 nitrogen and oxygen atoms in total. The van der Waals surface area contributed by atoms with Crippen LogP contribution in [0.1, 0.15) is 38.3 Å². The van der Waals surface area contributed by atoms with Gasteiger partial charge in [0.25, 0.3) is 0 Å². The fourth-order valence-electron chi connectivity index (χ4n) is 3.08. The van der Waals surface area contributed by atoms with E-state index in [4.69, 9.17) is 15.9 Å². The molecule has 0 spiro atoms. The third-order valence-electron chi connectivity index (χ3n) is 4.68. The Balaban J connectivity index is 2.24. The van der Waals surface area contributed by atoms with Crippen LogP contribution < -0.4 is 10.5 Å². The summed E-state index contributed by atoms with van der Waals surface area (Å²) in [5, 5.41) is 15.5. The first kappa shape index (κ1) is 24.4.